The highest BCUT2D eigenvalue weighted by Crippen LogP contribution is 2.65. The number of hydrogen-bond donors (Lipinski definition) is 3. The number of fused-ring (bicyclic) bond motifs is 5. The number of hydrogen-bond acceptors (Lipinski definition) is 11. The van der Waals surface area contributed by atoms with E-state index < -0.39 is 76.0 Å². The number of aliphatic hydroxyl groups excluding tert-OH is 2. The van der Waals surface area contributed by atoms with Crippen LogP contribution < -0.4 is 0 Å². The molecule has 11 heteroatoms. The summed E-state index contributed by atoms with van der Waals surface area (Å²) in [7, 11) is 0. The van der Waals surface area contributed by atoms with Crippen LogP contribution in [0.2, 0.25) is 0 Å². The fourth-order valence-corrected chi connectivity index (χ4v) is 9.14. The molecule has 228 valence electrons. The number of esters is 2. The zero-order chi connectivity index (χ0) is 31.0. The van der Waals surface area contributed by atoms with Gasteiger partial charge in [0.2, 0.25) is 0 Å². The van der Waals surface area contributed by atoms with Gasteiger partial charge in [-0.05, 0) is 42.9 Å². The van der Waals surface area contributed by atoms with Gasteiger partial charge in [-0.1, -0.05) is 51.2 Å². The molecule has 0 amide bonds. The van der Waals surface area contributed by atoms with Gasteiger partial charge in [-0.15, -0.1) is 11.8 Å². The van der Waals surface area contributed by atoms with E-state index in [9.17, 15) is 29.7 Å². The molecule has 0 spiro atoms. The molecule has 1 heterocycles. The van der Waals surface area contributed by atoms with E-state index in [2.05, 4.69) is 0 Å². The Morgan fingerprint density at radius 2 is 1.79 bits per heavy atom. The Kier molecular flexibility index (Phi) is 7.81. The van der Waals surface area contributed by atoms with Crippen molar-refractivity contribution in [3.8, 4) is 0 Å². The maximum absolute atomic E-state index is 14.8. The first-order valence-electron chi connectivity index (χ1n) is 14.1. The molecule has 42 heavy (non-hydrogen) atoms. The maximum Gasteiger partial charge on any atom is 0.338 e. The van der Waals surface area contributed by atoms with Gasteiger partial charge in [0.1, 0.15) is 23.9 Å². The summed E-state index contributed by atoms with van der Waals surface area (Å²) >= 11 is 7.07. The zero-order valence-corrected chi connectivity index (χ0v) is 26.2. The van der Waals surface area contributed by atoms with Gasteiger partial charge in [0.25, 0.3) is 0 Å². The van der Waals surface area contributed by atoms with Crippen molar-refractivity contribution in [2.45, 2.75) is 83.1 Å². The Bertz CT molecular complexity index is 1360. The second kappa shape index (κ2) is 10.5. The minimum atomic E-state index is -2.02. The predicted octanol–water partition coefficient (Wildman–Crippen LogP) is 3.03. The highest BCUT2D eigenvalue weighted by atomic mass is 32.2. The van der Waals surface area contributed by atoms with Gasteiger partial charge in [-0.25, -0.2) is 4.79 Å². The van der Waals surface area contributed by atoms with Crippen LogP contribution in [0.1, 0.15) is 57.8 Å². The Morgan fingerprint density at radius 3 is 2.33 bits per heavy atom. The van der Waals surface area contributed by atoms with E-state index in [-0.39, 0.29) is 30.6 Å². The highest BCUT2D eigenvalue weighted by Gasteiger charge is 2.78. The molecule has 3 N–H and O–H groups in total. The first kappa shape index (κ1) is 31.3. The minimum absolute atomic E-state index is 0.111. The molecule has 1 aromatic rings. The lowest BCUT2D eigenvalue weighted by molar-refractivity contribution is -0.336. The molecule has 1 saturated heterocycles. The molecule has 1 aromatic carbocycles. The van der Waals surface area contributed by atoms with E-state index in [0.29, 0.717) is 9.77 Å². The largest absolute Gasteiger partial charge is 0.455 e. The quantitative estimate of drug-likeness (QED) is 0.261. The molecule has 9 atom stereocenters. The topological polar surface area (TPSA) is 140 Å². The fourth-order valence-electron chi connectivity index (χ4n) is 8.17. The summed E-state index contributed by atoms with van der Waals surface area (Å²) in [5.41, 5.74) is -5.67. The fraction of sp³-hybridized carbons (Fsp3) is 0.613. The molecule has 0 radical (unpaired) electrons. The van der Waals surface area contributed by atoms with Gasteiger partial charge in [0, 0.05) is 30.1 Å². The van der Waals surface area contributed by atoms with Crippen molar-refractivity contribution in [3.05, 3.63) is 47.0 Å². The van der Waals surface area contributed by atoms with Crippen LogP contribution in [0.15, 0.2) is 41.5 Å². The van der Waals surface area contributed by atoms with Crippen molar-refractivity contribution < 1.29 is 43.9 Å². The number of benzene rings is 1. The van der Waals surface area contributed by atoms with E-state index in [1.165, 1.54) is 18.7 Å². The second-order valence-corrected chi connectivity index (χ2v) is 14.3. The van der Waals surface area contributed by atoms with Gasteiger partial charge < -0.3 is 29.5 Å². The predicted molar refractivity (Wildman–Crippen MR) is 159 cm³/mol. The molecule has 1 aliphatic heterocycles. The summed E-state index contributed by atoms with van der Waals surface area (Å²) in [6.07, 6.45) is -3.39. The van der Waals surface area contributed by atoms with Crippen LogP contribution in [-0.4, -0.2) is 85.7 Å². The van der Waals surface area contributed by atoms with Crippen molar-refractivity contribution >= 4 is 45.9 Å². The van der Waals surface area contributed by atoms with Crippen molar-refractivity contribution in [1.29, 1.82) is 0 Å². The molecule has 3 aliphatic carbocycles. The van der Waals surface area contributed by atoms with Gasteiger partial charge in [0.15, 0.2) is 11.4 Å². The summed E-state index contributed by atoms with van der Waals surface area (Å²) in [4.78, 5) is 41.2. The summed E-state index contributed by atoms with van der Waals surface area (Å²) in [6.45, 7) is 7.76. The molecule has 3 fully saturated rings. The molecular weight excluding hydrogens is 580 g/mol. The Balaban J connectivity index is 1.85. The van der Waals surface area contributed by atoms with Crippen LogP contribution in [0.25, 0.3) is 0 Å². The van der Waals surface area contributed by atoms with Crippen LogP contribution in [0.3, 0.4) is 0 Å². The SMILES string of the molecule is CSC(=S)[C@H]1C[C@H]2OC[C@@]2(OC(C)=O)[C@H]2[C@H](OC(=O)c3ccccc3)[C@]3(O)CC(O)C(C)=C([C@@H](O)C(=O)[C@]12C)C3(C)C. The summed E-state index contributed by atoms with van der Waals surface area (Å²) in [5.74, 6) is -3.86. The number of rotatable bonds is 4. The van der Waals surface area contributed by atoms with Crippen LogP contribution in [-0.2, 0) is 23.8 Å². The second-order valence-electron chi connectivity index (χ2n) is 12.7. The molecule has 9 nitrogen and oxygen atoms in total. The molecular formula is C31H38O9S2. The molecule has 4 aliphatic rings. The number of ketones is 1. The van der Waals surface area contributed by atoms with Gasteiger partial charge in [-0.2, -0.15) is 0 Å². The Labute approximate surface area is 255 Å². The monoisotopic (exact) mass is 618 g/mol. The third kappa shape index (κ3) is 4.18. The summed E-state index contributed by atoms with van der Waals surface area (Å²) in [6, 6.07) is 8.25. The lowest BCUT2D eigenvalue weighted by Gasteiger charge is -2.68. The number of carbonyl (C=O) groups excluding carboxylic acids is 3. The van der Waals surface area contributed by atoms with Gasteiger partial charge in [0.05, 0.1) is 28.4 Å². The third-order valence-corrected chi connectivity index (χ3v) is 11.9. The van der Waals surface area contributed by atoms with E-state index in [1.54, 1.807) is 64.3 Å². The number of Topliss-reactive ketones (excluding diaryl/α,β-unsaturated/α-hetero) is 1. The number of thiocarbonyl (C=S) groups is 1. The maximum atomic E-state index is 14.8. The zero-order valence-electron chi connectivity index (χ0n) is 24.6. The van der Waals surface area contributed by atoms with Gasteiger partial charge in [-0.3, -0.25) is 9.59 Å². The Morgan fingerprint density at radius 1 is 1.14 bits per heavy atom. The van der Waals surface area contributed by atoms with Gasteiger partial charge >= 0.3 is 11.9 Å². The smallest absolute Gasteiger partial charge is 0.338 e. The van der Waals surface area contributed by atoms with Crippen molar-refractivity contribution in [2.75, 3.05) is 12.9 Å². The number of ether oxygens (including phenoxy) is 3. The molecule has 5 rings (SSSR count). The molecule has 0 aromatic heterocycles. The average Bonchev–Trinajstić information content (AvgIpc) is 2.93. The minimum Gasteiger partial charge on any atom is -0.455 e. The summed E-state index contributed by atoms with van der Waals surface area (Å²) < 4.78 is 18.8. The Hall–Kier alpha value is -2.15. The average molecular weight is 619 g/mol. The standard InChI is InChI=1S/C31H38O9S2/c1-15-19(33)13-31(37)25(39-26(36)17-10-8-7-9-11-17)23-29(5,24(35)22(34)21(15)28(31,3)4)18(27(41)42-6)12-20-30(23,14-38-20)40-16(2)32/h7-11,18-20,22-23,25,33-34,37H,12-14H2,1-6H3/t18-,19?,20-,22-,23+,25+,29-,30+,31-/m1/s1. The lowest BCUT2D eigenvalue weighted by atomic mass is 9.43. The van der Waals surface area contributed by atoms with E-state index in [0.717, 1.165) is 0 Å². The van der Waals surface area contributed by atoms with Crippen LogP contribution in [0, 0.1) is 22.7 Å². The highest BCUT2D eigenvalue weighted by molar-refractivity contribution is 8.22. The van der Waals surface area contributed by atoms with E-state index in [1.807, 2.05) is 0 Å². The number of thioether (sulfide) groups is 1. The number of aliphatic hydroxyl groups is 3. The van der Waals surface area contributed by atoms with Crippen molar-refractivity contribution in [1.82, 2.24) is 0 Å². The van der Waals surface area contributed by atoms with Crippen molar-refractivity contribution in [3.63, 3.8) is 0 Å². The normalized spacial score (nSPS) is 40.5. The molecule has 2 bridgehead atoms. The molecule has 2 saturated carbocycles. The van der Waals surface area contributed by atoms with Crippen LogP contribution in [0.5, 0.6) is 0 Å². The van der Waals surface area contributed by atoms with Crippen LogP contribution in [0.4, 0.5) is 0 Å². The first-order valence-corrected chi connectivity index (χ1v) is 15.7. The third-order valence-electron chi connectivity index (χ3n) is 10.5. The van der Waals surface area contributed by atoms with E-state index >= 15 is 0 Å². The summed E-state index contributed by atoms with van der Waals surface area (Å²) in [5, 5.41) is 36.0. The van der Waals surface area contributed by atoms with Crippen LogP contribution >= 0.6 is 24.0 Å². The van der Waals surface area contributed by atoms with Crippen molar-refractivity contribution in [2.24, 2.45) is 22.7 Å². The van der Waals surface area contributed by atoms with E-state index in [4.69, 9.17) is 26.4 Å². The number of carbonyl (C=O) groups is 3. The molecule has 1 unspecified atom stereocenters. The lowest BCUT2D eigenvalue weighted by Crippen LogP contribution is -2.81. The first-order chi connectivity index (χ1) is 19.6.